The van der Waals surface area contributed by atoms with E-state index in [9.17, 15) is 0 Å². The zero-order chi connectivity index (χ0) is 33.1. The molecule has 0 saturated carbocycles. The van der Waals surface area contributed by atoms with Gasteiger partial charge < -0.3 is 0 Å². The van der Waals surface area contributed by atoms with Gasteiger partial charge in [-0.05, 0) is 87.1 Å². The molecule has 9 aromatic rings. The highest BCUT2D eigenvalue weighted by Gasteiger charge is 2.18. The molecule has 49 heavy (non-hydrogen) atoms. The second kappa shape index (κ2) is 13.3. The molecular weight excluding hydrogens is 903 g/mol. The topological polar surface area (TPSA) is 25.8 Å². The van der Waals surface area contributed by atoms with Crippen LogP contribution in [0, 0.1) is 6.92 Å². The van der Waals surface area contributed by atoms with Gasteiger partial charge in [0.25, 0.3) is 0 Å². The Bertz CT molecular complexity index is 2700. The predicted molar refractivity (Wildman–Crippen MR) is 234 cm³/mol. The first kappa shape index (κ1) is 31.9. The number of fused-ring (bicyclic) bond motifs is 4. The van der Waals surface area contributed by atoms with E-state index in [-0.39, 0.29) is 0 Å². The summed E-state index contributed by atoms with van der Waals surface area (Å²) in [5, 5.41) is 7.14. The molecule has 0 bridgehead atoms. The number of nitrogens with zero attached hydrogens (tertiary/aromatic N) is 2. The van der Waals surface area contributed by atoms with Crippen LogP contribution in [0.15, 0.2) is 137 Å². The number of thiazole rings is 2. The van der Waals surface area contributed by atoms with Gasteiger partial charge in [-0.1, -0.05) is 114 Å². The Morgan fingerprint density at radius 1 is 0.469 bits per heavy atom. The highest BCUT2D eigenvalue weighted by molar-refractivity contribution is 14.2. The van der Waals surface area contributed by atoms with Crippen LogP contribution in [0.2, 0.25) is 0 Å². The fourth-order valence-electron chi connectivity index (χ4n) is 6.63. The largest absolute Gasteiger partial charge is 0.236 e. The van der Waals surface area contributed by atoms with E-state index in [1.165, 1.54) is 68.6 Å². The predicted octanol–water partition coefficient (Wildman–Crippen LogP) is 15.1. The van der Waals surface area contributed by atoms with Gasteiger partial charge in [-0.15, -0.1) is 22.7 Å². The molecule has 9 rings (SSSR count). The SMILES string of the molecule is Cc1ccc2c(-c3ccc(-c4nc5ccc(SI)cc5s4)cc3)c3ccccc3c(-c3ccc(-c4nc5ccc(SI)cc5s4)cc3)c2c1. The molecule has 0 unspecified atom stereocenters. The molecule has 0 N–H and O–H groups in total. The first-order valence-corrected chi connectivity index (χ1v) is 24.0. The molecule has 0 saturated heterocycles. The molecule has 2 heterocycles. The third-order valence-electron chi connectivity index (χ3n) is 8.92. The minimum absolute atomic E-state index is 1.05. The summed E-state index contributed by atoms with van der Waals surface area (Å²) in [6.45, 7) is 2.19. The average Bonchev–Trinajstić information content (AvgIpc) is 3.78. The number of aryl methyl sites for hydroxylation is 1. The molecule has 236 valence electrons. The van der Waals surface area contributed by atoms with Crippen LogP contribution in [-0.4, -0.2) is 9.97 Å². The van der Waals surface area contributed by atoms with Crippen LogP contribution in [0.3, 0.4) is 0 Å². The van der Waals surface area contributed by atoms with E-state index in [0.717, 1.165) is 32.2 Å². The van der Waals surface area contributed by atoms with Crippen molar-refractivity contribution in [1.82, 2.24) is 9.97 Å². The van der Waals surface area contributed by atoms with E-state index < -0.39 is 0 Å². The number of hydrogen-bond acceptors (Lipinski definition) is 6. The van der Waals surface area contributed by atoms with Crippen molar-refractivity contribution >= 4 is 125 Å². The number of halogens is 2. The molecule has 0 amide bonds. The molecule has 0 aliphatic heterocycles. The standard InChI is InChI=1S/C41H24I2N2S4/c1-23-6-17-32-33(20-23)39(25-9-13-27(14-10-25)41-45-35-19-16-29(49-43)22-37(35)47-41)31-5-3-2-4-30(31)38(32)24-7-11-26(12-8-24)40-44-34-18-15-28(48-42)21-36(34)46-40/h2-22H,1H3. The number of rotatable bonds is 6. The Morgan fingerprint density at radius 2 is 0.918 bits per heavy atom. The monoisotopic (exact) mass is 926 g/mol. The van der Waals surface area contributed by atoms with Gasteiger partial charge in [-0.3, -0.25) is 0 Å². The van der Waals surface area contributed by atoms with Gasteiger partial charge in [0, 0.05) is 63.3 Å². The van der Waals surface area contributed by atoms with Crippen LogP contribution in [0.5, 0.6) is 0 Å². The molecule has 0 aliphatic rings. The minimum Gasteiger partial charge on any atom is -0.236 e. The second-order valence-corrected chi connectivity index (χ2v) is 17.9. The molecule has 0 aliphatic carbocycles. The summed E-state index contributed by atoms with van der Waals surface area (Å²) in [7, 11) is 3.47. The van der Waals surface area contributed by atoms with Gasteiger partial charge >= 0.3 is 0 Å². The summed E-state index contributed by atoms with van der Waals surface area (Å²) in [5.74, 6) is 0. The van der Waals surface area contributed by atoms with Gasteiger partial charge in [0.2, 0.25) is 0 Å². The van der Waals surface area contributed by atoms with Crippen LogP contribution in [-0.2, 0) is 0 Å². The summed E-state index contributed by atoms with van der Waals surface area (Å²) in [6.07, 6.45) is 0. The molecule has 0 atom stereocenters. The van der Waals surface area contributed by atoms with E-state index in [1.54, 1.807) is 40.5 Å². The first-order chi connectivity index (χ1) is 24.1. The third-order valence-corrected chi connectivity index (χ3v) is 15.0. The van der Waals surface area contributed by atoms with Crippen molar-refractivity contribution in [2.24, 2.45) is 0 Å². The molecular formula is C41H24I2N2S4. The maximum absolute atomic E-state index is 4.96. The Balaban J connectivity index is 1.15. The van der Waals surface area contributed by atoms with Gasteiger partial charge in [0.1, 0.15) is 10.0 Å². The van der Waals surface area contributed by atoms with Crippen molar-refractivity contribution in [3.05, 3.63) is 133 Å². The van der Waals surface area contributed by atoms with E-state index in [4.69, 9.17) is 9.97 Å². The Hall–Kier alpha value is -3.00. The lowest BCUT2D eigenvalue weighted by Gasteiger charge is -2.18. The van der Waals surface area contributed by atoms with Gasteiger partial charge in [-0.2, -0.15) is 0 Å². The lowest BCUT2D eigenvalue weighted by atomic mass is 9.85. The van der Waals surface area contributed by atoms with Gasteiger partial charge in [0.05, 0.1) is 20.4 Å². The molecule has 7 aromatic carbocycles. The highest BCUT2D eigenvalue weighted by Crippen LogP contribution is 2.45. The number of benzene rings is 7. The quantitative estimate of drug-likeness (QED) is 0.123. The van der Waals surface area contributed by atoms with Crippen LogP contribution in [0.25, 0.3) is 85.4 Å². The van der Waals surface area contributed by atoms with E-state index >= 15 is 0 Å². The number of hydrogen-bond donors (Lipinski definition) is 0. The fourth-order valence-corrected chi connectivity index (χ4v) is 11.0. The van der Waals surface area contributed by atoms with Crippen molar-refractivity contribution < 1.29 is 0 Å². The van der Waals surface area contributed by atoms with Crippen LogP contribution in [0.4, 0.5) is 0 Å². The van der Waals surface area contributed by atoms with Crippen molar-refractivity contribution in [2.45, 2.75) is 16.7 Å². The van der Waals surface area contributed by atoms with Crippen molar-refractivity contribution in [3.63, 3.8) is 0 Å². The Labute approximate surface area is 324 Å². The maximum atomic E-state index is 4.96. The molecule has 2 nitrogen and oxygen atoms in total. The van der Waals surface area contributed by atoms with E-state index in [2.05, 4.69) is 177 Å². The third kappa shape index (κ3) is 5.88. The first-order valence-electron chi connectivity index (χ1n) is 15.6. The van der Waals surface area contributed by atoms with Crippen molar-refractivity contribution in [1.29, 1.82) is 0 Å². The maximum Gasteiger partial charge on any atom is 0.124 e. The highest BCUT2D eigenvalue weighted by atomic mass is 127. The lowest BCUT2D eigenvalue weighted by Crippen LogP contribution is -1.92. The lowest BCUT2D eigenvalue weighted by molar-refractivity contribution is 1.45. The summed E-state index contributed by atoms with van der Waals surface area (Å²) >= 11 is 8.19. The fraction of sp³-hybridized carbons (Fsp3) is 0.0244. The minimum atomic E-state index is 1.05. The van der Waals surface area contributed by atoms with Crippen LogP contribution in [0.1, 0.15) is 5.56 Å². The number of aromatic nitrogens is 2. The van der Waals surface area contributed by atoms with E-state index in [1.807, 2.05) is 0 Å². The summed E-state index contributed by atoms with van der Waals surface area (Å²) in [4.78, 5) is 12.4. The summed E-state index contributed by atoms with van der Waals surface area (Å²) < 4.78 is 2.45. The second-order valence-electron chi connectivity index (χ2n) is 12.0. The Morgan fingerprint density at radius 3 is 1.41 bits per heavy atom. The summed E-state index contributed by atoms with van der Waals surface area (Å²) in [6, 6.07) is 46.8. The Kier molecular flexibility index (Phi) is 8.66. The zero-order valence-corrected chi connectivity index (χ0v) is 33.5. The van der Waals surface area contributed by atoms with Gasteiger partial charge in [0.15, 0.2) is 0 Å². The molecule has 2 aromatic heterocycles. The smallest absolute Gasteiger partial charge is 0.124 e. The summed E-state index contributed by atoms with van der Waals surface area (Å²) in [5.41, 5.74) is 10.6. The molecule has 0 fully saturated rings. The van der Waals surface area contributed by atoms with Crippen molar-refractivity contribution in [3.8, 4) is 43.4 Å². The normalized spacial score (nSPS) is 11.7. The molecule has 0 spiro atoms. The zero-order valence-electron chi connectivity index (χ0n) is 25.9. The van der Waals surface area contributed by atoms with Crippen LogP contribution < -0.4 is 0 Å². The van der Waals surface area contributed by atoms with E-state index in [0.29, 0.717) is 0 Å². The molecule has 0 radical (unpaired) electrons. The molecule has 8 heteroatoms. The van der Waals surface area contributed by atoms with Crippen LogP contribution >= 0.6 is 83.0 Å². The van der Waals surface area contributed by atoms with Crippen molar-refractivity contribution in [2.75, 3.05) is 0 Å². The van der Waals surface area contributed by atoms with Gasteiger partial charge in [-0.25, -0.2) is 9.97 Å². The average molecular weight is 927 g/mol.